The molecule has 1 aromatic carbocycles. The summed E-state index contributed by atoms with van der Waals surface area (Å²) in [5.41, 5.74) is 2.32. The first-order chi connectivity index (χ1) is 13.3. The van der Waals surface area contributed by atoms with Crippen molar-refractivity contribution in [2.45, 2.75) is 57.3 Å². The molecule has 1 saturated carbocycles. The van der Waals surface area contributed by atoms with E-state index in [1.54, 1.807) is 16.8 Å². The van der Waals surface area contributed by atoms with Crippen LogP contribution in [0.3, 0.4) is 0 Å². The number of benzene rings is 1. The lowest BCUT2D eigenvalue weighted by molar-refractivity contribution is -0.00120. The summed E-state index contributed by atoms with van der Waals surface area (Å²) in [6.07, 6.45) is 5.75. The minimum Gasteiger partial charge on any atom is -0.365 e. The summed E-state index contributed by atoms with van der Waals surface area (Å²) in [4.78, 5) is 4.58. The van der Waals surface area contributed by atoms with Crippen LogP contribution in [0.4, 0.5) is 4.39 Å². The Labute approximate surface area is 155 Å². The standard InChI is InChI=1S/C19H20FN5O2/c20-14-8-6-12(7-9-14)16-10-25-15(11-26-16)17(22-24-25)19-21-18(23-27-19)13-4-2-1-3-5-13/h6-9,13,16H,1-5,10-11H2. The number of hydrogen-bond donors (Lipinski definition) is 0. The van der Waals surface area contributed by atoms with Gasteiger partial charge in [0.15, 0.2) is 11.5 Å². The molecule has 3 heterocycles. The first kappa shape index (κ1) is 16.6. The van der Waals surface area contributed by atoms with Crippen LogP contribution in [0.1, 0.15) is 61.2 Å². The number of rotatable bonds is 3. The van der Waals surface area contributed by atoms with Crippen LogP contribution in [0.25, 0.3) is 11.6 Å². The molecule has 0 N–H and O–H groups in total. The average molecular weight is 369 g/mol. The molecule has 1 unspecified atom stereocenters. The highest BCUT2D eigenvalue weighted by Crippen LogP contribution is 2.33. The molecule has 8 heteroatoms. The van der Waals surface area contributed by atoms with E-state index in [0.29, 0.717) is 30.7 Å². The molecule has 1 atom stereocenters. The van der Waals surface area contributed by atoms with Gasteiger partial charge in [0.2, 0.25) is 0 Å². The monoisotopic (exact) mass is 369 g/mol. The van der Waals surface area contributed by atoms with Gasteiger partial charge in [0.05, 0.1) is 18.8 Å². The van der Waals surface area contributed by atoms with Crippen LogP contribution in [0.5, 0.6) is 0 Å². The normalized spacial score (nSPS) is 20.6. The molecule has 140 valence electrons. The Morgan fingerprint density at radius 1 is 1.07 bits per heavy atom. The van der Waals surface area contributed by atoms with Crippen molar-refractivity contribution in [3.05, 3.63) is 47.2 Å². The lowest BCUT2D eigenvalue weighted by Gasteiger charge is -2.24. The Bertz CT molecular complexity index is 930. The van der Waals surface area contributed by atoms with Crippen molar-refractivity contribution in [1.29, 1.82) is 0 Å². The molecule has 2 aliphatic rings. The highest BCUT2D eigenvalue weighted by molar-refractivity contribution is 5.49. The van der Waals surface area contributed by atoms with Crippen LogP contribution in [-0.4, -0.2) is 25.1 Å². The maximum atomic E-state index is 13.1. The Balaban J connectivity index is 1.37. The third kappa shape index (κ3) is 3.14. The van der Waals surface area contributed by atoms with E-state index in [4.69, 9.17) is 9.26 Å². The van der Waals surface area contributed by atoms with E-state index in [0.717, 1.165) is 29.9 Å². The minimum atomic E-state index is -0.261. The van der Waals surface area contributed by atoms with Crippen LogP contribution in [0, 0.1) is 5.82 Å². The van der Waals surface area contributed by atoms with Crippen molar-refractivity contribution in [2.24, 2.45) is 0 Å². The van der Waals surface area contributed by atoms with E-state index in [1.165, 1.54) is 31.4 Å². The van der Waals surface area contributed by atoms with Gasteiger partial charge in [-0.2, -0.15) is 4.98 Å². The second-order valence-corrected chi connectivity index (χ2v) is 7.21. The molecule has 2 aromatic heterocycles. The summed E-state index contributed by atoms with van der Waals surface area (Å²) >= 11 is 0. The first-order valence-electron chi connectivity index (χ1n) is 9.41. The van der Waals surface area contributed by atoms with Gasteiger partial charge < -0.3 is 9.26 Å². The van der Waals surface area contributed by atoms with Gasteiger partial charge in [-0.25, -0.2) is 9.07 Å². The Morgan fingerprint density at radius 2 is 1.89 bits per heavy atom. The third-order valence-electron chi connectivity index (χ3n) is 5.45. The molecular weight excluding hydrogens is 349 g/mol. The fourth-order valence-corrected chi connectivity index (χ4v) is 3.91. The zero-order valence-electron chi connectivity index (χ0n) is 14.8. The summed E-state index contributed by atoms with van der Waals surface area (Å²) in [5, 5.41) is 12.7. The number of hydrogen-bond acceptors (Lipinski definition) is 6. The predicted molar refractivity (Wildman–Crippen MR) is 93.1 cm³/mol. The molecule has 7 nitrogen and oxygen atoms in total. The highest BCUT2D eigenvalue weighted by atomic mass is 19.1. The molecule has 1 aliphatic heterocycles. The SMILES string of the molecule is Fc1ccc(C2Cn3nnc(-c4nc(C5CCCCC5)no4)c3CO2)cc1. The summed E-state index contributed by atoms with van der Waals surface area (Å²) in [7, 11) is 0. The number of aromatic nitrogens is 5. The van der Waals surface area contributed by atoms with Crippen LogP contribution in [0.2, 0.25) is 0 Å². The van der Waals surface area contributed by atoms with Crippen molar-refractivity contribution >= 4 is 0 Å². The first-order valence-corrected chi connectivity index (χ1v) is 9.41. The molecule has 1 fully saturated rings. The van der Waals surface area contributed by atoms with Gasteiger partial charge in [-0.15, -0.1) is 5.10 Å². The quantitative estimate of drug-likeness (QED) is 0.699. The van der Waals surface area contributed by atoms with Crippen LogP contribution in [0.15, 0.2) is 28.8 Å². The Morgan fingerprint density at radius 3 is 2.70 bits per heavy atom. The average Bonchev–Trinajstić information content (AvgIpc) is 3.36. The number of nitrogens with zero attached hydrogens (tertiary/aromatic N) is 5. The van der Waals surface area contributed by atoms with Gasteiger partial charge in [0.1, 0.15) is 11.9 Å². The van der Waals surface area contributed by atoms with Crippen LogP contribution < -0.4 is 0 Å². The molecule has 0 amide bonds. The molecule has 1 aliphatic carbocycles. The largest absolute Gasteiger partial charge is 0.365 e. The van der Waals surface area contributed by atoms with Crippen molar-refractivity contribution in [3.8, 4) is 11.6 Å². The lowest BCUT2D eigenvalue weighted by Crippen LogP contribution is -2.22. The molecule has 3 aromatic rings. The van der Waals surface area contributed by atoms with Gasteiger partial charge in [0, 0.05) is 5.92 Å². The molecular formula is C19H20FN5O2. The molecule has 0 spiro atoms. The van der Waals surface area contributed by atoms with Crippen molar-refractivity contribution in [2.75, 3.05) is 0 Å². The molecule has 27 heavy (non-hydrogen) atoms. The van der Waals surface area contributed by atoms with E-state index in [2.05, 4.69) is 20.5 Å². The molecule has 0 bridgehead atoms. The van der Waals surface area contributed by atoms with Crippen LogP contribution >= 0.6 is 0 Å². The van der Waals surface area contributed by atoms with E-state index in [9.17, 15) is 4.39 Å². The Hall–Kier alpha value is -2.61. The van der Waals surface area contributed by atoms with Crippen LogP contribution in [-0.2, 0) is 17.9 Å². The zero-order chi connectivity index (χ0) is 18.2. The van der Waals surface area contributed by atoms with E-state index in [1.807, 2.05) is 0 Å². The van der Waals surface area contributed by atoms with Crippen molar-refractivity contribution < 1.29 is 13.7 Å². The predicted octanol–water partition coefficient (Wildman–Crippen LogP) is 3.79. The summed E-state index contributed by atoms with van der Waals surface area (Å²) in [6, 6.07) is 6.34. The van der Waals surface area contributed by atoms with E-state index in [-0.39, 0.29) is 11.9 Å². The van der Waals surface area contributed by atoms with Gasteiger partial charge in [-0.05, 0) is 30.5 Å². The smallest absolute Gasteiger partial charge is 0.280 e. The Kier molecular flexibility index (Phi) is 4.20. The number of ether oxygens (including phenoxy) is 1. The summed E-state index contributed by atoms with van der Waals surface area (Å²) < 4.78 is 26.4. The molecule has 0 radical (unpaired) electrons. The minimum absolute atomic E-state index is 0.187. The van der Waals surface area contributed by atoms with Gasteiger partial charge in [-0.3, -0.25) is 0 Å². The summed E-state index contributed by atoms with van der Waals surface area (Å²) in [6.45, 7) is 0.850. The van der Waals surface area contributed by atoms with Crippen molar-refractivity contribution in [3.63, 3.8) is 0 Å². The van der Waals surface area contributed by atoms with E-state index >= 15 is 0 Å². The molecule has 5 rings (SSSR count). The highest BCUT2D eigenvalue weighted by Gasteiger charge is 2.29. The van der Waals surface area contributed by atoms with Gasteiger partial charge in [0.25, 0.3) is 5.89 Å². The zero-order valence-corrected chi connectivity index (χ0v) is 14.8. The maximum Gasteiger partial charge on any atom is 0.280 e. The topological polar surface area (TPSA) is 78.9 Å². The summed E-state index contributed by atoms with van der Waals surface area (Å²) in [5.74, 6) is 1.29. The second kappa shape index (κ2) is 6.84. The van der Waals surface area contributed by atoms with Gasteiger partial charge in [-0.1, -0.05) is 41.8 Å². The number of halogens is 1. The third-order valence-corrected chi connectivity index (χ3v) is 5.45. The fourth-order valence-electron chi connectivity index (χ4n) is 3.91. The fraction of sp³-hybridized carbons (Fsp3) is 0.474. The molecule has 0 saturated heterocycles. The lowest BCUT2D eigenvalue weighted by atomic mass is 9.89. The number of fused-ring (bicyclic) bond motifs is 1. The maximum absolute atomic E-state index is 13.1. The van der Waals surface area contributed by atoms with Gasteiger partial charge >= 0.3 is 0 Å². The second-order valence-electron chi connectivity index (χ2n) is 7.21. The van der Waals surface area contributed by atoms with E-state index < -0.39 is 0 Å². The van der Waals surface area contributed by atoms with Crippen molar-refractivity contribution in [1.82, 2.24) is 25.1 Å².